The molecule has 1 N–H and O–H groups in total. The van der Waals surface area contributed by atoms with Crippen molar-refractivity contribution in [2.24, 2.45) is 0 Å². The molecule has 1 rings (SSSR count). The van der Waals surface area contributed by atoms with Crippen molar-refractivity contribution < 1.29 is 9.84 Å². The molecule has 0 aliphatic carbocycles. The van der Waals surface area contributed by atoms with Crippen LogP contribution < -0.4 is 4.74 Å². The molecule has 0 saturated heterocycles. The van der Waals surface area contributed by atoms with Gasteiger partial charge in [0.1, 0.15) is 12.4 Å². The second-order valence-electron chi connectivity index (χ2n) is 1.69. The number of ether oxygens (including phenoxy) is 1. The smallest absolute Gasteiger partial charge is 0.138 e. The molecule has 0 saturated carbocycles. The highest BCUT2D eigenvalue weighted by Gasteiger charge is 1.88. The minimum Gasteiger partial charge on any atom is -0.490 e. The lowest BCUT2D eigenvalue weighted by molar-refractivity contribution is 0.201. The first kappa shape index (κ1) is 7.02. The average molecular weight is 138 g/mol. The van der Waals surface area contributed by atoms with Crippen LogP contribution in [0.25, 0.3) is 0 Å². The van der Waals surface area contributed by atoms with E-state index in [1.165, 1.54) is 0 Å². The molecule has 3 nitrogen and oxygen atoms in total. The molecule has 0 aromatic carbocycles. The molecule has 1 aromatic heterocycles. The van der Waals surface area contributed by atoms with Gasteiger partial charge < -0.3 is 9.84 Å². The molecule has 1 aromatic rings. The number of aromatic nitrogens is 1. The van der Waals surface area contributed by atoms with Gasteiger partial charge in [0.05, 0.1) is 12.8 Å². The van der Waals surface area contributed by atoms with Crippen LogP contribution in [0.15, 0.2) is 18.5 Å². The van der Waals surface area contributed by atoms with Crippen LogP contribution in [-0.4, -0.2) is 23.3 Å². The molecular weight excluding hydrogens is 130 g/mol. The van der Waals surface area contributed by atoms with Crippen molar-refractivity contribution in [3.8, 4) is 5.75 Å². The van der Waals surface area contributed by atoms with Gasteiger partial charge in [-0.25, -0.2) is 0 Å². The van der Waals surface area contributed by atoms with E-state index in [9.17, 15) is 0 Å². The monoisotopic (exact) mass is 138 g/mol. The Morgan fingerprint density at radius 3 is 3.20 bits per heavy atom. The first-order valence-electron chi connectivity index (χ1n) is 2.98. The Morgan fingerprint density at radius 1 is 1.70 bits per heavy atom. The maximum atomic E-state index is 8.37. The average Bonchev–Trinajstić information content (AvgIpc) is 2.03. The summed E-state index contributed by atoms with van der Waals surface area (Å²) in [5.74, 6) is 0.636. The Kier molecular flexibility index (Phi) is 2.70. The summed E-state index contributed by atoms with van der Waals surface area (Å²) in [5.41, 5.74) is 0. The topological polar surface area (TPSA) is 42.4 Å². The van der Waals surface area contributed by atoms with Crippen LogP contribution in [-0.2, 0) is 0 Å². The third kappa shape index (κ3) is 2.03. The zero-order chi connectivity index (χ0) is 7.23. The van der Waals surface area contributed by atoms with Crippen molar-refractivity contribution in [1.29, 1.82) is 0 Å². The molecule has 10 heavy (non-hydrogen) atoms. The second-order valence-corrected chi connectivity index (χ2v) is 1.69. The molecule has 0 amide bonds. The fourth-order valence-corrected chi connectivity index (χ4v) is 0.553. The van der Waals surface area contributed by atoms with Crippen LogP contribution in [0.2, 0.25) is 0 Å². The fourth-order valence-electron chi connectivity index (χ4n) is 0.553. The second kappa shape index (κ2) is 3.85. The predicted octanol–water partition coefficient (Wildman–Crippen LogP) is 0.253. The SMILES string of the molecule is OCCOc1c[c]cnc1. The zero-order valence-electron chi connectivity index (χ0n) is 5.45. The summed E-state index contributed by atoms with van der Waals surface area (Å²) < 4.78 is 5.01. The molecule has 0 bridgehead atoms. The first-order chi connectivity index (χ1) is 4.93. The number of hydrogen-bond acceptors (Lipinski definition) is 3. The Hall–Kier alpha value is -1.09. The van der Waals surface area contributed by atoms with Crippen molar-refractivity contribution in [1.82, 2.24) is 4.98 Å². The maximum absolute atomic E-state index is 8.37. The van der Waals surface area contributed by atoms with Crippen LogP contribution in [0, 0.1) is 6.07 Å². The van der Waals surface area contributed by atoms with E-state index in [1.54, 1.807) is 18.5 Å². The highest BCUT2D eigenvalue weighted by Crippen LogP contribution is 2.04. The van der Waals surface area contributed by atoms with E-state index in [-0.39, 0.29) is 6.61 Å². The molecular formula is C7H8NO2. The zero-order valence-corrected chi connectivity index (χ0v) is 5.45. The number of aliphatic hydroxyl groups excluding tert-OH is 1. The highest BCUT2D eigenvalue weighted by atomic mass is 16.5. The minimum absolute atomic E-state index is 0.0227. The van der Waals surface area contributed by atoms with E-state index in [0.717, 1.165) is 0 Å². The number of nitrogens with zero attached hydrogens (tertiary/aromatic N) is 1. The molecule has 1 heterocycles. The van der Waals surface area contributed by atoms with Gasteiger partial charge in [0.2, 0.25) is 0 Å². The van der Waals surface area contributed by atoms with Crippen LogP contribution in [0.4, 0.5) is 0 Å². The van der Waals surface area contributed by atoms with Gasteiger partial charge >= 0.3 is 0 Å². The van der Waals surface area contributed by atoms with Crippen LogP contribution in [0.5, 0.6) is 5.75 Å². The predicted molar refractivity (Wildman–Crippen MR) is 35.7 cm³/mol. The van der Waals surface area contributed by atoms with E-state index in [2.05, 4.69) is 11.1 Å². The third-order valence-electron chi connectivity index (χ3n) is 0.936. The molecule has 1 radical (unpaired) electrons. The van der Waals surface area contributed by atoms with Crippen molar-refractivity contribution in [2.75, 3.05) is 13.2 Å². The van der Waals surface area contributed by atoms with Gasteiger partial charge in [-0.2, -0.15) is 0 Å². The third-order valence-corrected chi connectivity index (χ3v) is 0.936. The summed E-state index contributed by atoms with van der Waals surface area (Å²) in [6.45, 7) is 0.328. The minimum atomic E-state index is 0.0227. The number of pyridine rings is 1. The van der Waals surface area contributed by atoms with Gasteiger partial charge in [-0.15, -0.1) is 0 Å². The summed E-state index contributed by atoms with van der Waals surface area (Å²) >= 11 is 0. The standard InChI is InChI=1S/C7H8NO2/c9-4-5-10-7-2-1-3-8-6-7/h2-3,6,9H,4-5H2. The van der Waals surface area contributed by atoms with E-state index < -0.39 is 0 Å². The first-order valence-corrected chi connectivity index (χ1v) is 2.98. The van der Waals surface area contributed by atoms with Crippen molar-refractivity contribution in [3.63, 3.8) is 0 Å². The lowest BCUT2D eigenvalue weighted by Gasteiger charge is -2.00. The lowest BCUT2D eigenvalue weighted by atomic mass is 10.5. The van der Waals surface area contributed by atoms with E-state index in [1.807, 2.05) is 0 Å². The van der Waals surface area contributed by atoms with Crippen LogP contribution in [0.3, 0.4) is 0 Å². The van der Waals surface area contributed by atoms with E-state index in [4.69, 9.17) is 9.84 Å². The van der Waals surface area contributed by atoms with Crippen LogP contribution in [0.1, 0.15) is 0 Å². The number of aliphatic hydroxyl groups is 1. The van der Waals surface area contributed by atoms with Crippen LogP contribution >= 0.6 is 0 Å². The van der Waals surface area contributed by atoms with Gasteiger partial charge in [0, 0.05) is 12.3 Å². The van der Waals surface area contributed by atoms with E-state index in [0.29, 0.717) is 12.4 Å². The summed E-state index contributed by atoms with van der Waals surface area (Å²) in [6, 6.07) is 4.42. The summed E-state index contributed by atoms with van der Waals surface area (Å²) in [7, 11) is 0. The van der Waals surface area contributed by atoms with E-state index >= 15 is 0 Å². The fraction of sp³-hybridized carbons (Fsp3) is 0.286. The van der Waals surface area contributed by atoms with Gasteiger partial charge in [0.15, 0.2) is 0 Å². The Bertz CT molecular complexity index is 176. The normalized spacial score (nSPS) is 9.30. The quantitative estimate of drug-likeness (QED) is 0.651. The van der Waals surface area contributed by atoms with Gasteiger partial charge in [-0.1, -0.05) is 0 Å². The Balaban J connectivity index is 2.43. The molecule has 3 heteroatoms. The molecule has 53 valence electrons. The van der Waals surface area contributed by atoms with Crippen molar-refractivity contribution in [2.45, 2.75) is 0 Å². The van der Waals surface area contributed by atoms with Crippen molar-refractivity contribution >= 4 is 0 Å². The summed E-state index contributed by atoms with van der Waals surface area (Å²) in [4.78, 5) is 3.78. The summed E-state index contributed by atoms with van der Waals surface area (Å²) in [5, 5.41) is 8.37. The molecule has 0 fully saturated rings. The molecule has 0 atom stereocenters. The highest BCUT2D eigenvalue weighted by molar-refractivity contribution is 5.14. The number of rotatable bonds is 3. The Morgan fingerprint density at radius 2 is 2.60 bits per heavy atom. The van der Waals surface area contributed by atoms with Crippen molar-refractivity contribution in [3.05, 3.63) is 24.5 Å². The molecule has 0 aliphatic rings. The molecule has 0 spiro atoms. The Labute approximate surface area is 59.3 Å². The summed E-state index contributed by atoms with van der Waals surface area (Å²) in [6.07, 6.45) is 3.12. The van der Waals surface area contributed by atoms with Gasteiger partial charge in [0.25, 0.3) is 0 Å². The van der Waals surface area contributed by atoms with Gasteiger partial charge in [-0.05, 0) is 6.07 Å². The lowest BCUT2D eigenvalue weighted by Crippen LogP contribution is -2.01. The van der Waals surface area contributed by atoms with Gasteiger partial charge in [-0.3, -0.25) is 4.98 Å². The molecule has 0 unspecified atom stereocenters. The number of hydrogen-bond donors (Lipinski definition) is 1. The maximum Gasteiger partial charge on any atom is 0.138 e. The largest absolute Gasteiger partial charge is 0.490 e. The molecule has 0 aliphatic heterocycles.